The molecule has 3 unspecified atom stereocenters. The fraction of sp³-hybridized carbons (Fsp3) is 0.667. The fourth-order valence-electron chi connectivity index (χ4n) is 3.41. The molecule has 2 rings (SSSR count). The van der Waals surface area contributed by atoms with Gasteiger partial charge in [-0.1, -0.05) is 46.8 Å². The largest absolute Gasteiger partial charge is 0.315 e. The van der Waals surface area contributed by atoms with Gasteiger partial charge < -0.3 is 5.32 Å². The van der Waals surface area contributed by atoms with E-state index in [1.165, 1.54) is 5.56 Å². The number of benzene rings is 1. The lowest BCUT2D eigenvalue weighted by Crippen LogP contribution is -2.44. The molecule has 1 aromatic rings. The lowest BCUT2D eigenvalue weighted by atomic mass is 9.87. The molecule has 118 valence electrons. The maximum atomic E-state index is 12.9. The van der Waals surface area contributed by atoms with Crippen LogP contribution in [0.3, 0.4) is 0 Å². The molecule has 0 heterocycles. The summed E-state index contributed by atoms with van der Waals surface area (Å²) < 4.78 is 12.9. The topological polar surface area (TPSA) is 29.1 Å². The van der Waals surface area contributed by atoms with Crippen LogP contribution in [0.1, 0.15) is 53.0 Å². The van der Waals surface area contributed by atoms with Crippen molar-refractivity contribution in [3.05, 3.63) is 29.8 Å². The van der Waals surface area contributed by atoms with E-state index in [1.54, 1.807) is 0 Å². The lowest BCUT2D eigenvalue weighted by Gasteiger charge is -2.30. The summed E-state index contributed by atoms with van der Waals surface area (Å²) in [5, 5.41) is 3.61. The van der Waals surface area contributed by atoms with E-state index in [0.717, 1.165) is 17.7 Å². The summed E-state index contributed by atoms with van der Waals surface area (Å²) >= 11 is 0. The third-order valence-corrected chi connectivity index (χ3v) is 6.62. The molecular weight excluding hydrogens is 278 g/mol. The van der Waals surface area contributed by atoms with Crippen molar-refractivity contribution in [2.24, 2.45) is 5.41 Å². The van der Waals surface area contributed by atoms with E-state index in [-0.39, 0.29) is 16.1 Å². The molecule has 21 heavy (non-hydrogen) atoms. The maximum absolute atomic E-state index is 12.9. The average molecular weight is 308 g/mol. The summed E-state index contributed by atoms with van der Waals surface area (Å²) in [6.45, 7) is 11.2. The minimum absolute atomic E-state index is 0.142. The van der Waals surface area contributed by atoms with Gasteiger partial charge in [-0.25, -0.2) is 0 Å². The Kier molecular flexibility index (Phi) is 4.65. The van der Waals surface area contributed by atoms with Crippen LogP contribution in [0.4, 0.5) is 0 Å². The van der Waals surface area contributed by atoms with Gasteiger partial charge in [0.05, 0.1) is 16.0 Å². The first-order valence-electron chi connectivity index (χ1n) is 7.85. The van der Waals surface area contributed by atoms with Crippen molar-refractivity contribution in [1.82, 2.24) is 5.32 Å². The van der Waals surface area contributed by atoms with Gasteiger partial charge in [0.1, 0.15) is 0 Å². The highest BCUT2D eigenvalue weighted by Gasteiger charge is 2.44. The zero-order valence-corrected chi connectivity index (χ0v) is 15.0. The molecule has 0 aromatic heterocycles. The van der Waals surface area contributed by atoms with Gasteiger partial charge in [0.15, 0.2) is 0 Å². The number of nitrogens with one attached hydrogen (secondary N) is 1. The first-order chi connectivity index (χ1) is 9.66. The zero-order valence-electron chi connectivity index (χ0n) is 14.2. The fourth-order valence-corrected chi connectivity index (χ4v) is 5.25. The van der Waals surface area contributed by atoms with Gasteiger partial charge in [-0.2, -0.15) is 0 Å². The second-order valence-electron chi connectivity index (χ2n) is 7.90. The predicted molar refractivity (Wildman–Crippen MR) is 91.2 cm³/mol. The van der Waals surface area contributed by atoms with Crippen LogP contribution in [-0.4, -0.2) is 22.5 Å². The molecule has 1 fully saturated rings. The Morgan fingerprint density at radius 3 is 2.24 bits per heavy atom. The van der Waals surface area contributed by atoms with E-state index >= 15 is 0 Å². The van der Waals surface area contributed by atoms with Crippen molar-refractivity contribution in [2.75, 3.05) is 7.05 Å². The molecule has 3 heteroatoms. The highest BCUT2D eigenvalue weighted by atomic mass is 32.2. The third-order valence-electron chi connectivity index (χ3n) is 4.83. The Labute approximate surface area is 132 Å². The van der Waals surface area contributed by atoms with E-state index in [4.69, 9.17) is 0 Å². The second kappa shape index (κ2) is 5.85. The van der Waals surface area contributed by atoms with E-state index in [0.29, 0.717) is 6.04 Å². The molecule has 2 nitrogen and oxygen atoms in total. The number of hydrogen-bond acceptors (Lipinski definition) is 2. The minimum atomic E-state index is -0.933. The first-order valence-corrected chi connectivity index (χ1v) is 9.06. The Bertz CT molecular complexity index is 513. The molecule has 0 spiro atoms. The normalized spacial score (nSPS) is 26.8. The quantitative estimate of drug-likeness (QED) is 0.918. The van der Waals surface area contributed by atoms with Crippen molar-refractivity contribution in [2.45, 2.75) is 69.1 Å². The molecule has 3 atom stereocenters. The summed E-state index contributed by atoms with van der Waals surface area (Å²) in [7, 11) is 1.06. The van der Waals surface area contributed by atoms with Gasteiger partial charge >= 0.3 is 0 Å². The summed E-state index contributed by atoms with van der Waals surface area (Å²) in [4.78, 5) is 0.964. The molecular formula is C18H29NOS. The Morgan fingerprint density at radius 2 is 1.76 bits per heavy atom. The molecule has 0 bridgehead atoms. The van der Waals surface area contributed by atoms with Gasteiger partial charge in [-0.15, -0.1) is 0 Å². The molecule has 0 aliphatic heterocycles. The Balaban J connectivity index is 2.21. The molecule has 1 N–H and O–H groups in total. The van der Waals surface area contributed by atoms with Crippen LogP contribution in [0.5, 0.6) is 0 Å². The van der Waals surface area contributed by atoms with Gasteiger partial charge in [-0.3, -0.25) is 4.21 Å². The Morgan fingerprint density at radius 1 is 1.19 bits per heavy atom. The van der Waals surface area contributed by atoms with Crippen molar-refractivity contribution < 1.29 is 4.21 Å². The van der Waals surface area contributed by atoms with Gasteiger partial charge in [0, 0.05) is 10.9 Å². The second-order valence-corrected chi connectivity index (χ2v) is 9.58. The van der Waals surface area contributed by atoms with Crippen LogP contribution in [0.2, 0.25) is 0 Å². The van der Waals surface area contributed by atoms with Crippen molar-refractivity contribution in [3.8, 4) is 0 Å². The van der Waals surface area contributed by atoms with Crippen LogP contribution in [0.25, 0.3) is 0 Å². The number of rotatable bonds is 3. The molecule has 1 saturated carbocycles. The summed E-state index contributed by atoms with van der Waals surface area (Å²) in [5.41, 5.74) is 1.66. The first kappa shape index (κ1) is 16.7. The van der Waals surface area contributed by atoms with E-state index in [2.05, 4.69) is 64.2 Å². The highest BCUT2D eigenvalue weighted by molar-refractivity contribution is 7.85. The van der Waals surface area contributed by atoms with Crippen LogP contribution in [0.15, 0.2) is 29.2 Å². The maximum Gasteiger partial charge on any atom is 0.0576 e. The molecule has 1 aromatic carbocycles. The smallest absolute Gasteiger partial charge is 0.0576 e. The average Bonchev–Trinajstić information content (AvgIpc) is 2.72. The number of hydrogen-bond donors (Lipinski definition) is 1. The van der Waals surface area contributed by atoms with Crippen LogP contribution in [-0.2, 0) is 16.2 Å². The molecule has 0 saturated heterocycles. The molecule has 0 amide bonds. The van der Waals surface area contributed by atoms with Crippen molar-refractivity contribution in [3.63, 3.8) is 0 Å². The van der Waals surface area contributed by atoms with E-state index in [1.807, 2.05) is 7.05 Å². The van der Waals surface area contributed by atoms with Crippen LogP contribution < -0.4 is 5.32 Å². The van der Waals surface area contributed by atoms with Gasteiger partial charge in [0.2, 0.25) is 0 Å². The highest BCUT2D eigenvalue weighted by Crippen LogP contribution is 2.41. The van der Waals surface area contributed by atoms with Crippen molar-refractivity contribution in [1.29, 1.82) is 0 Å². The lowest BCUT2D eigenvalue weighted by molar-refractivity contribution is 0.299. The van der Waals surface area contributed by atoms with Gasteiger partial charge in [-0.05, 0) is 48.4 Å². The third kappa shape index (κ3) is 3.40. The molecule has 1 aliphatic carbocycles. The Hall–Kier alpha value is -0.670. The summed E-state index contributed by atoms with van der Waals surface area (Å²) in [6, 6.07) is 8.67. The van der Waals surface area contributed by atoms with Crippen LogP contribution >= 0.6 is 0 Å². The zero-order chi connectivity index (χ0) is 15.8. The standard InChI is InChI=1S/C18H29NOS/c1-17(2,3)13-7-9-14(10-8-13)21(20)15-11-12-18(4,5)16(15)19-6/h7-10,15-16,19H,11-12H2,1-6H3. The monoisotopic (exact) mass is 307 g/mol. The summed E-state index contributed by atoms with van der Waals surface area (Å²) in [6.07, 6.45) is 2.17. The SMILES string of the molecule is CNC1C(S(=O)c2ccc(C(C)(C)C)cc2)CCC1(C)C. The van der Waals surface area contributed by atoms with Crippen molar-refractivity contribution >= 4 is 10.8 Å². The predicted octanol–water partition coefficient (Wildman–Crippen LogP) is 3.87. The minimum Gasteiger partial charge on any atom is -0.315 e. The van der Waals surface area contributed by atoms with E-state index in [9.17, 15) is 4.21 Å². The summed E-state index contributed by atoms with van der Waals surface area (Å²) in [5.74, 6) is 0. The van der Waals surface area contributed by atoms with Gasteiger partial charge in [0.25, 0.3) is 0 Å². The molecule has 1 aliphatic rings. The van der Waals surface area contributed by atoms with E-state index < -0.39 is 10.8 Å². The van der Waals surface area contributed by atoms with Crippen LogP contribution in [0, 0.1) is 5.41 Å². The molecule has 0 radical (unpaired) electrons.